The molecule has 3 aromatic rings. The molecule has 31 heavy (non-hydrogen) atoms. The molecule has 0 aromatic heterocycles. The van der Waals surface area contributed by atoms with Crippen LogP contribution >= 0.6 is 0 Å². The van der Waals surface area contributed by atoms with E-state index in [0.717, 1.165) is 39.1 Å². The Bertz CT molecular complexity index is 1240. The van der Waals surface area contributed by atoms with Gasteiger partial charge in [-0.15, -0.1) is 0 Å². The third-order valence-corrected chi connectivity index (χ3v) is 5.67. The zero-order valence-electron chi connectivity index (χ0n) is 18.5. The predicted molar refractivity (Wildman–Crippen MR) is 126 cm³/mol. The molecule has 0 atom stereocenters. The SMILES string of the molecule is Cc1ccc(C2=C(Nc3cc(C)ccc3C)C(=O)N(c3ccc(C)cc3C)C2=O)cc1. The molecule has 4 nitrogen and oxygen atoms in total. The van der Waals surface area contributed by atoms with Crippen molar-refractivity contribution in [2.24, 2.45) is 0 Å². The highest BCUT2D eigenvalue weighted by molar-refractivity contribution is 6.46. The van der Waals surface area contributed by atoms with Crippen molar-refractivity contribution in [3.05, 3.63) is 99.7 Å². The Morgan fingerprint density at radius 2 is 1.26 bits per heavy atom. The molecule has 0 fully saturated rings. The number of nitrogens with one attached hydrogen (secondary N) is 1. The smallest absolute Gasteiger partial charge is 0.282 e. The van der Waals surface area contributed by atoms with E-state index >= 15 is 0 Å². The first-order valence-electron chi connectivity index (χ1n) is 10.4. The van der Waals surface area contributed by atoms with Crippen molar-refractivity contribution in [1.82, 2.24) is 0 Å². The maximum absolute atomic E-state index is 13.6. The monoisotopic (exact) mass is 410 g/mol. The molecule has 156 valence electrons. The van der Waals surface area contributed by atoms with E-state index in [-0.39, 0.29) is 11.8 Å². The highest BCUT2D eigenvalue weighted by atomic mass is 16.2. The van der Waals surface area contributed by atoms with Gasteiger partial charge in [-0.1, -0.05) is 59.7 Å². The molecule has 1 aliphatic heterocycles. The van der Waals surface area contributed by atoms with Crippen LogP contribution in [0.5, 0.6) is 0 Å². The Kier molecular flexibility index (Phi) is 5.24. The molecule has 2 amide bonds. The van der Waals surface area contributed by atoms with E-state index in [4.69, 9.17) is 0 Å². The Balaban J connectivity index is 1.87. The molecule has 4 rings (SSSR count). The number of rotatable bonds is 4. The van der Waals surface area contributed by atoms with Crippen molar-refractivity contribution >= 4 is 28.8 Å². The molecular weight excluding hydrogens is 384 g/mol. The Morgan fingerprint density at radius 3 is 1.94 bits per heavy atom. The Morgan fingerprint density at radius 1 is 0.645 bits per heavy atom. The molecule has 0 radical (unpaired) electrons. The summed E-state index contributed by atoms with van der Waals surface area (Å²) in [6.45, 7) is 9.90. The van der Waals surface area contributed by atoms with Crippen LogP contribution in [-0.4, -0.2) is 11.8 Å². The molecule has 1 N–H and O–H groups in total. The highest BCUT2D eigenvalue weighted by Gasteiger charge is 2.40. The largest absolute Gasteiger partial charge is 0.350 e. The van der Waals surface area contributed by atoms with Crippen LogP contribution in [0.15, 0.2) is 66.4 Å². The topological polar surface area (TPSA) is 49.4 Å². The van der Waals surface area contributed by atoms with E-state index in [9.17, 15) is 9.59 Å². The van der Waals surface area contributed by atoms with Crippen LogP contribution in [0.4, 0.5) is 11.4 Å². The number of aryl methyl sites for hydroxylation is 5. The van der Waals surface area contributed by atoms with Crippen LogP contribution < -0.4 is 10.2 Å². The van der Waals surface area contributed by atoms with Crippen LogP contribution in [0.1, 0.15) is 33.4 Å². The van der Waals surface area contributed by atoms with Crippen molar-refractivity contribution < 1.29 is 9.59 Å². The minimum absolute atomic E-state index is 0.308. The van der Waals surface area contributed by atoms with E-state index < -0.39 is 0 Å². The number of hydrogen-bond acceptors (Lipinski definition) is 3. The fraction of sp³-hybridized carbons (Fsp3) is 0.185. The fourth-order valence-electron chi connectivity index (χ4n) is 3.91. The van der Waals surface area contributed by atoms with Crippen LogP contribution in [0.3, 0.4) is 0 Å². The molecular formula is C27H26N2O2. The second-order valence-corrected chi connectivity index (χ2v) is 8.30. The number of hydrogen-bond donors (Lipinski definition) is 1. The first-order chi connectivity index (χ1) is 14.8. The lowest BCUT2D eigenvalue weighted by molar-refractivity contribution is -0.120. The predicted octanol–water partition coefficient (Wildman–Crippen LogP) is 5.63. The molecule has 0 saturated carbocycles. The van der Waals surface area contributed by atoms with Gasteiger partial charge in [-0.2, -0.15) is 0 Å². The first kappa shape index (κ1) is 20.6. The van der Waals surface area contributed by atoms with Crippen LogP contribution in [0, 0.1) is 34.6 Å². The van der Waals surface area contributed by atoms with Gasteiger partial charge >= 0.3 is 0 Å². The van der Waals surface area contributed by atoms with E-state index in [1.54, 1.807) is 0 Å². The fourth-order valence-corrected chi connectivity index (χ4v) is 3.91. The second kappa shape index (κ2) is 7.88. The summed E-state index contributed by atoms with van der Waals surface area (Å²) in [5.74, 6) is -0.651. The summed E-state index contributed by atoms with van der Waals surface area (Å²) < 4.78 is 0. The maximum Gasteiger partial charge on any atom is 0.282 e. The molecule has 0 saturated heterocycles. The molecule has 0 spiro atoms. The van der Waals surface area contributed by atoms with Crippen molar-refractivity contribution in [3.63, 3.8) is 0 Å². The third-order valence-electron chi connectivity index (χ3n) is 5.67. The van der Waals surface area contributed by atoms with Crippen LogP contribution in [0.2, 0.25) is 0 Å². The van der Waals surface area contributed by atoms with E-state index in [1.807, 2.05) is 95.3 Å². The molecule has 0 bridgehead atoms. The average Bonchev–Trinajstić information content (AvgIpc) is 2.96. The lowest BCUT2D eigenvalue weighted by Gasteiger charge is -2.18. The van der Waals surface area contributed by atoms with Gasteiger partial charge in [-0.05, 0) is 69.0 Å². The van der Waals surface area contributed by atoms with Crippen molar-refractivity contribution in [2.45, 2.75) is 34.6 Å². The van der Waals surface area contributed by atoms with Gasteiger partial charge in [0.15, 0.2) is 0 Å². The molecule has 0 aliphatic carbocycles. The van der Waals surface area contributed by atoms with Gasteiger partial charge in [0.1, 0.15) is 5.70 Å². The van der Waals surface area contributed by atoms with Crippen LogP contribution in [0.25, 0.3) is 5.57 Å². The number of carbonyl (C=O) groups is 2. The number of anilines is 2. The average molecular weight is 411 g/mol. The van der Waals surface area contributed by atoms with Crippen molar-refractivity contribution in [3.8, 4) is 0 Å². The Labute approximate surface area is 183 Å². The Hall–Kier alpha value is -3.66. The lowest BCUT2D eigenvalue weighted by atomic mass is 10.0. The van der Waals surface area contributed by atoms with Gasteiger partial charge in [-0.25, -0.2) is 4.90 Å². The quantitative estimate of drug-likeness (QED) is 0.568. The second-order valence-electron chi connectivity index (χ2n) is 8.30. The molecule has 1 aliphatic rings. The standard InChI is InChI=1S/C27H26N2O2/c1-16-7-11-21(12-8-16)24-25(28-22-15-18(3)6-10-19(22)4)27(31)29(26(24)30)23-13-9-17(2)14-20(23)5/h6-15,28H,1-5H3. The van der Waals surface area contributed by atoms with Crippen LogP contribution in [-0.2, 0) is 9.59 Å². The number of imide groups is 1. The van der Waals surface area contributed by atoms with Gasteiger partial charge < -0.3 is 5.32 Å². The highest BCUT2D eigenvalue weighted by Crippen LogP contribution is 2.36. The van der Waals surface area contributed by atoms with Crippen molar-refractivity contribution in [1.29, 1.82) is 0 Å². The minimum atomic E-state index is -0.339. The number of benzene rings is 3. The van der Waals surface area contributed by atoms with E-state index in [1.165, 1.54) is 4.90 Å². The zero-order chi connectivity index (χ0) is 22.3. The molecule has 3 aromatic carbocycles. The molecule has 0 unspecified atom stereocenters. The number of carbonyl (C=O) groups excluding carboxylic acids is 2. The summed E-state index contributed by atoms with van der Waals surface area (Å²) in [5.41, 5.74) is 8.01. The van der Waals surface area contributed by atoms with Gasteiger partial charge in [0.05, 0.1) is 11.3 Å². The number of amides is 2. The molecule has 4 heteroatoms. The summed E-state index contributed by atoms with van der Waals surface area (Å²) in [6.07, 6.45) is 0. The van der Waals surface area contributed by atoms with Gasteiger partial charge in [-0.3, -0.25) is 9.59 Å². The summed E-state index contributed by atoms with van der Waals surface area (Å²) in [7, 11) is 0. The zero-order valence-corrected chi connectivity index (χ0v) is 18.5. The summed E-state index contributed by atoms with van der Waals surface area (Å²) in [5, 5.41) is 3.29. The molecule has 1 heterocycles. The van der Waals surface area contributed by atoms with Gasteiger partial charge in [0.25, 0.3) is 11.8 Å². The normalized spacial score (nSPS) is 13.9. The summed E-state index contributed by atoms with van der Waals surface area (Å²) >= 11 is 0. The van der Waals surface area contributed by atoms with E-state index in [2.05, 4.69) is 5.32 Å². The third kappa shape index (κ3) is 3.77. The van der Waals surface area contributed by atoms with Gasteiger partial charge in [0, 0.05) is 5.69 Å². The lowest BCUT2D eigenvalue weighted by Crippen LogP contribution is -2.33. The first-order valence-corrected chi connectivity index (χ1v) is 10.4. The maximum atomic E-state index is 13.6. The van der Waals surface area contributed by atoms with E-state index in [0.29, 0.717) is 17.0 Å². The minimum Gasteiger partial charge on any atom is -0.350 e. The summed E-state index contributed by atoms with van der Waals surface area (Å²) in [4.78, 5) is 28.5. The summed E-state index contributed by atoms with van der Waals surface area (Å²) in [6, 6.07) is 19.5. The van der Waals surface area contributed by atoms with Gasteiger partial charge in [0.2, 0.25) is 0 Å². The van der Waals surface area contributed by atoms with Crippen molar-refractivity contribution in [2.75, 3.05) is 10.2 Å². The number of nitrogens with zero attached hydrogens (tertiary/aromatic N) is 1.